The van der Waals surface area contributed by atoms with Crippen LogP contribution in [0.25, 0.3) is 0 Å². The minimum Gasteiger partial charge on any atom is -0.487 e. The summed E-state index contributed by atoms with van der Waals surface area (Å²) >= 11 is 0. The first-order valence-corrected chi connectivity index (χ1v) is 7.87. The minimum atomic E-state index is -0.426. The van der Waals surface area contributed by atoms with Crippen molar-refractivity contribution in [2.45, 2.75) is 19.8 Å². The molecule has 0 aliphatic heterocycles. The third-order valence-corrected chi connectivity index (χ3v) is 3.35. The van der Waals surface area contributed by atoms with Crippen molar-refractivity contribution >= 4 is 12.1 Å². The molecule has 1 aromatic carbocycles. The highest BCUT2D eigenvalue weighted by atomic mass is 16.5. The van der Waals surface area contributed by atoms with Crippen LogP contribution in [0.2, 0.25) is 0 Å². The normalized spacial score (nSPS) is 10.8. The highest BCUT2D eigenvalue weighted by Gasteiger charge is 2.19. The molecule has 0 saturated carbocycles. The maximum atomic E-state index is 12.2. The third kappa shape index (κ3) is 4.32. The molecule has 0 bridgehead atoms. The van der Waals surface area contributed by atoms with Gasteiger partial charge in [-0.25, -0.2) is 4.68 Å². The standard InChI is InChI=1S/C18H21N3O3/c1-3-4-12-24-17-15(22)10-11-21(16(17)18(23)19-2)20-13-14-8-6-5-7-9-14/h5-11,13H,3-4,12H2,1-2H3,(H,19,23)/b20-13-. The molecule has 0 saturated heterocycles. The molecule has 0 aliphatic carbocycles. The summed E-state index contributed by atoms with van der Waals surface area (Å²) in [5.74, 6) is -0.403. The van der Waals surface area contributed by atoms with Gasteiger partial charge in [-0.2, -0.15) is 5.10 Å². The van der Waals surface area contributed by atoms with E-state index in [9.17, 15) is 9.59 Å². The second-order valence-corrected chi connectivity index (χ2v) is 5.14. The highest BCUT2D eigenvalue weighted by Crippen LogP contribution is 2.14. The smallest absolute Gasteiger partial charge is 0.273 e. The maximum absolute atomic E-state index is 12.2. The zero-order chi connectivity index (χ0) is 17.4. The van der Waals surface area contributed by atoms with Crippen LogP contribution in [0.1, 0.15) is 35.8 Å². The van der Waals surface area contributed by atoms with Gasteiger partial charge in [-0.15, -0.1) is 0 Å². The van der Waals surface area contributed by atoms with Crippen molar-refractivity contribution in [2.24, 2.45) is 5.10 Å². The molecule has 1 aromatic heterocycles. The van der Waals surface area contributed by atoms with E-state index in [1.807, 2.05) is 37.3 Å². The highest BCUT2D eigenvalue weighted by molar-refractivity contribution is 5.95. The SMILES string of the molecule is CCCCOc1c(C(=O)NC)n(/N=C\c2ccccc2)ccc1=O. The summed E-state index contributed by atoms with van der Waals surface area (Å²) in [6, 6.07) is 10.8. The Hall–Kier alpha value is -2.89. The lowest BCUT2D eigenvalue weighted by Crippen LogP contribution is -2.26. The number of carbonyl (C=O) groups excluding carboxylic acids is 1. The summed E-state index contributed by atoms with van der Waals surface area (Å²) in [6.07, 6.45) is 4.81. The van der Waals surface area contributed by atoms with Crippen molar-refractivity contribution in [3.63, 3.8) is 0 Å². The Morgan fingerprint density at radius 3 is 2.71 bits per heavy atom. The molecule has 0 atom stereocenters. The summed E-state index contributed by atoms with van der Waals surface area (Å²) in [5, 5.41) is 6.81. The van der Waals surface area contributed by atoms with Crippen LogP contribution in [0.15, 0.2) is 52.5 Å². The Bertz CT molecular complexity index is 767. The molecule has 0 radical (unpaired) electrons. The maximum Gasteiger partial charge on any atom is 0.273 e. The molecule has 2 aromatic rings. The van der Waals surface area contributed by atoms with E-state index in [4.69, 9.17) is 4.74 Å². The van der Waals surface area contributed by atoms with E-state index in [1.165, 1.54) is 24.0 Å². The number of unbranched alkanes of at least 4 members (excludes halogenated alkanes) is 1. The fourth-order valence-electron chi connectivity index (χ4n) is 2.06. The third-order valence-electron chi connectivity index (χ3n) is 3.35. The zero-order valence-electron chi connectivity index (χ0n) is 13.9. The van der Waals surface area contributed by atoms with Crippen molar-refractivity contribution in [3.05, 3.63) is 64.1 Å². The largest absolute Gasteiger partial charge is 0.487 e. The molecule has 1 amide bonds. The number of nitrogens with one attached hydrogen (secondary N) is 1. The monoisotopic (exact) mass is 327 g/mol. The second kappa shape index (κ2) is 8.67. The van der Waals surface area contributed by atoms with Gasteiger partial charge in [0, 0.05) is 19.3 Å². The van der Waals surface area contributed by atoms with E-state index >= 15 is 0 Å². The Balaban J connectivity index is 2.43. The number of aromatic nitrogens is 1. The summed E-state index contributed by atoms with van der Waals surface area (Å²) in [4.78, 5) is 24.3. The van der Waals surface area contributed by atoms with Gasteiger partial charge in [-0.3, -0.25) is 9.59 Å². The van der Waals surface area contributed by atoms with Gasteiger partial charge in [0.05, 0.1) is 12.8 Å². The van der Waals surface area contributed by atoms with E-state index in [2.05, 4.69) is 10.4 Å². The Morgan fingerprint density at radius 2 is 2.04 bits per heavy atom. The molecule has 0 spiro atoms. The molecule has 0 fully saturated rings. The first kappa shape index (κ1) is 17.5. The first-order valence-electron chi connectivity index (χ1n) is 7.87. The predicted octanol–water partition coefficient (Wildman–Crippen LogP) is 2.27. The molecule has 0 aliphatic rings. The fraction of sp³-hybridized carbons (Fsp3) is 0.278. The van der Waals surface area contributed by atoms with E-state index in [0.717, 1.165) is 18.4 Å². The van der Waals surface area contributed by atoms with Gasteiger partial charge in [0.25, 0.3) is 5.91 Å². The van der Waals surface area contributed by atoms with E-state index in [0.29, 0.717) is 6.61 Å². The summed E-state index contributed by atoms with van der Waals surface area (Å²) in [6.45, 7) is 2.40. The van der Waals surface area contributed by atoms with Crippen molar-refractivity contribution in [2.75, 3.05) is 13.7 Å². The van der Waals surface area contributed by atoms with Crippen LogP contribution in [0.4, 0.5) is 0 Å². The molecule has 0 unspecified atom stereocenters. The topological polar surface area (TPSA) is 72.7 Å². The zero-order valence-corrected chi connectivity index (χ0v) is 13.9. The van der Waals surface area contributed by atoms with Gasteiger partial charge in [0.15, 0.2) is 11.4 Å². The molecule has 24 heavy (non-hydrogen) atoms. The lowest BCUT2D eigenvalue weighted by atomic mass is 10.2. The fourth-order valence-corrected chi connectivity index (χ4v) is 2.06. The molecule has 1 heterocycles. The van der Waals surface area contributed by atoms with Gasteiger partial charge < -0.3 is 10.1 Å². The van der Waals surface area contributed by atoms with E-state index < -0.39 is 5.91 Å². The first-order chi connectivity index (χ1) is 11.7. The second-order valence-electron chi connectivity index (χ2n) is 5.14. The number of hydrogen-bond donors (Lipinski definition) is 1. The molecule has 6 nitrogen and oxygen atoms in total. The van der Waals surface area contributed by atoms with Crippen LogP contribution in [0, 0.1) is 0 Å². The Kier molecular flexibility index (Phi) is 6.31. The van der Waals surface area contributed by atoms with Gasteiger partial charge in [-0.1, -0.05) is 43.7 Å². The molecule has 2 rings (SSSR count). The molecule has 126 valence electrons. The number of hydrogen-bond acceptors (Lipinski definition) is 4. The summed E-state index contributed by atoms with van der Waals surface area (Å²) in [5.41, 5.74) is 0.636. The number of rotatable bonds is 7. The summed E-state index contributed by atoms with van der Waals surface area (Å²) < 4.78 is 6.91. The number of benzene rings is 1. The van der Waals surface area contributed by atoms with Crippen LogP contribution in [-0.4, -0.2) is 30.5 Å². The van der Waals surface area contributed by atoms with Gasteiger partial charge in [0.1, 0.15) is 0 Å². The number of carbonyl (C=O) groups is 1. The van der Waals surface area contributed by atoms with E-state index in [-0.39, 0.29) is 16.9 Å². The number of ether oxygens (including phenoxy) is 1. The predicted molar refractivity (Wildman–Crippen MR) is 93.9 cm³/mol. The molecular weight excluding hydrogens is 306 g/mol. The lowest BCUT2D eigenvalue weighted by Gasteiger charge is -2.13. The minimum absolute atomic E-state index is 0.0236. The quantitative estimate of drug-likeness (QED) is 0.626. The number of pyridine rings is 1. The van der Waals surface area contributed by atoms with Crippen molar-refractivity contribution < 1.29 is 9.53 Å². The van der Waals surface area contributed by atoms with Crippen molar-refractivity contribution in [1.82, 2.24) is 9.99 Å². The van der Waals surface area contributed by atoms with Gasteiger partial charge in [0.2, 0.25) is 5.43 Å². The average Bonchev–Trinajstić information content (AvgIpc) is 2.62. The van der Waals surface area contributed by atoms with Crippen molar-refractivity contribution in [3.8, 4) is 5.75 Å². The van der Waals surface area contributed by atoms with Crippen LogP contribution in [0.3, 0.4) is 0 Å². The molecule has 1 N–H and O–H groups in total. The van der Waals surface area contributed by atoms with Crippen LogP contribution in [0.5, 0.6) is 5.75 Å². The van der Waals surface area contributed by atoms with Crippen LogP contribution < -0.4 is 15.5 Å². The van der Waals surface area contributed by atoms with Crippen LogP contribution in [-0.2, 0) is 0 Å². The molecule has 6 heteroatoms. The van der Waals surface area contributed by atoms with Crippen molar-refractivity contribution in [1.29, 1.82) is 0 Å². The lowest BCUT2D eigenvalue weighted by molar-refractivity contribution is 0.0948. The van der Waals surface area contributed by atoms with Gasteiger partial charge >= 0.3 is 0 Å². The summed E-state index contributed by atoms with van der Waals surface area (Å²) in [7, 11) is 1.50. The van der Waals surface area contributed by atoms with Crippen LogP contribution >= 0.6 is 0 Å². The number of amides is 1. The number of nitrogens with zero attached hydrogens (tertiary/aromatic N) is 2. The Morgan fingerprint density at radius 1 is 1.29 bits per heavy atom. The Labute approximate surface area is 140 Å². The van der Waals surface area contributed by atoms with Gasteiger partial charge in [-0.05, 0) is 12.0 Å². The molecular formula is C18H21N3O3. The van der Waals surface area contributed by atoms with E-state index in [1.54, 1.807) is 6.21 Å². The average molecular weight is 327 g/mol.